The quantitative estimate of drug-likeness (QED) is 0.624. The Kier molecular flexibility index (Phi) is 5.66. The summed E-state index contributed by atoms with van der Waals surface area (Å²) in [5.41, 5.74) is 1.86. The van der Waals surface area contributed by atoms with Crippen LogP contribution in [0, 0.1) is 0 Å². The van der Waals surface area contributed by atoms with Crippen molar-refractivity contribution in [3.63, 3.8) is 0 Å². The molecule has 2 N–H and O–H groups in total. The molecule has 1 atom stereocenters. The third-order valence-corrected chi connectivity index (χ3v) is 3.80. The topological polar surface area (TPSA) is 68.8 Å². The second kappa shape index (κ2) is 7.53. The number of methoxy groups -OCH3 is 2. The van der Waals surface area contributed by atoms with Crippen LogP contribution >= 0.6 is 12.2 Å². The lowest BCUT2D eigenvalue weighted by atomic mass is 9.94. The summed E-state index contributed by atoms with van der Waals surface area (Å²) in [6, 6.07) is 5.01. The van der Waals surface area contributed by atoms with Crippen molar-refractivity contribution >= 4 is 23.3 Å². The van der Waals surface area contributed by atoms with E-state index in [4.69, 9.17) is 26.4 Å². The molecule has 2 rings (SSSR count). The minimum atomic E-state index is -0.491. The second-order valence-corrected chi connectivity index (χ2v) is 6.02. The number of thiocarbonyl (C=S) groups is 1. The summed E-state index contributed by atoms with van der Waals surface area (Å²) >= 11 is 5.25. The van der Waals surface area contributed by atoms with Crippen LogP contribution in [0.5, 0.6) is 11.5 Å². The molecule has 1 aliphatic rings. The molecule has 1 aromatic rings. The second-order valence-electron chi connectivity index (χ2n) is 5.61. The molecular formula is C17H22N2O4S. The zero-order valence-corrected chi connectivity index (χ0v) is 15.2. The Morgan fingerprint density at radius 1 is 1.25 bits per heavy atom. The molecule has 0 amide bonds. The summed E-state index contributed by atoms with van der Waals surface area (Å²) < 4.78 is 16.2. The molecule has 1 heterocycles. The zero-order valence-electron chi connectivity index (χ0n) is 14.4. The molecule has 24 heavy (non-hydrogen) atoms. The minimum Gasteiger partial charge on any atom is -0.493 e. The number of carbonyl (C=O) groups excluding carboxylic acids is 1. The Balaban J connectivity index is 2.55. The fourth-order valence-corrected chi connectivity index (χ4v) is 2.89. The maximum absolute atomic E-state index is 12.6. The number of ether oxygens (including phenoxy) is 3. The SMILES string of the molecule is COc1cccc([C@H]2NC(=S)NC(C)=C2C(=O)OC(C)C)c1OC. The lowest BCUT2D eigenvalue weighted by Gasteiger charge is -2.31. The van der Waals surface area contributed by atoms with Gasteiger partial charge in [0.05, 0.1) is 31.9 Å². The van der Waals surface area contributed by atoms with Crippen LogP contribution in [0.25, 0.3) is 0 Å². The van der Waals surface area contributed by atoms with Crippen molar-refractivity contribution < 1.29 is 19.0 Å². The number of para-hydroxylation sites is 1. The Labute approximate surface area is 147 Å². The predicted octanol–water partition coefficient (Wildman–Crippen LogP) is 2.45. The van der Waals surface area contributed by atoms with Crippen LogP contribution in [-0.4, -0.2) is 31.4 Å². The van der Waals surface area contributed by atoms with Crippen molar-refractivity contribution in [3.05, 3.63) is 35.0 Å². The molecule has 0 radical (unpaired) electrons. The highest BCUT2D eigenvalue weighted by atomic mass is 32.1. The Morgan fingerprint density at radius 3 is 2.54 bits per heavy atom. The number of nitrogens with one attached hydrogen (secondary N) is 2. The number of benzene rings is 1. The number of rotatable bonds is 5. The third-order valence-electron chi connectivity index (χ3n) is 3.58. The number of allylic oxidation sites excluding steroid dienone is 1. The summed E-state index contributed by atoms with van der Waals surface area (Å²) in [6.07, 6.45) is -0.223. The third kappa shape index (κ3) is 3.62. The molecule has 0 saturated heterocycles. The van der Waals surface area contributed by atoms with Gasteiger partial charge >= 0.3 is 5.97 Å². The zero-order chi connectivity index (χ0) is 17.9. The number of esters is 1. The van der Waals surface area contributed by atoms with Crippen LogP contribution in [0.2, 0.25) is 0 Å². The van der Waals surface area contributed by atoms with Crippen molar-refractivity contribution in [3.8, 4) is 11.5 Å². The van der Waals surface area contributed by atoms with E-state index in [0.717, 1.165) is 5.56 Å². The highest BCUT2D eigenvalue weighted by Crippen LogP contribution is 2.39. The van der Waals surface area contributed by atoms with Crippen LogP contribution in [-0.2, 0) is 9.53 Å². The van der Waals surface area contributed by atoms with Gasteiger partial charge in [-0.15, -0.1) is 0 Å². The van der Waals surface area contributed by atoms with E-state index in [9.17, 15) is 4.79 Å². The van der Waals surface area contributed by atoms with Crippen LogP contribution in [0.4, 0.5) is 0 Å². The number of carbonyl (C=O) groups is 1. The molecule has 0 spiro atoms. The van der Waals surface area contributed by atoms with Crippen molar-refractivity contribution in [1.82, 2.24) is 10.6 Å². The highest BCUT2D eigenvalue weighted by molar-refractivity contribution is 7.80. The van der Waals surface area contributed by atoms with E-state index >= 15 is 0 Å². The van der Waals surface area contributed by atoms with Gasteiger partial charge in [-0.05, 0) is 39.1 Å². The normalized spacial score (nSPS) is 17.2. The average Bonchev–Trinajstić information content (AvgIpc) is 2.52. The van der Waals surface area contributed by atoms with Gasteiger partial charge in [0.25, 0.3) is 0 Å². The summed E-state index contributed by atoms with van der Waals surface area (Å²) in [5, 5.41) is 6.53. The number of hydrogen-bond acceptors (Lipinski definition) is 5. The molecule has 0 fully saturated rings. The van der Waals surface area contributed by atoms with E-state index in [1.165, 1.54) is 0 Å². The lowest BCUT2D eigenvalue weighted by Crippen LogP contribution is -2.45. The maximum atomic E-state index is 12.6. The van der Waals surface area contributed by atoms with Gasteiger partial charge in [-0.2, -0.15) is 0 Å². The van der Waals surface area contributed by atoms with Gasteiger partial charge in [0, 0.05) is 11.3 Å². The molecule has 0 bridgehead atoms. The monoisotopic (exact) mass is 350 g/mol. The summed E-state index contributed by atoms with van der Waals surface area (Å²) in [6.45, 7) is 5.41. The van der Waals surface area contributed by atoms with E-state index in [-0.39, 0.29) is 6.10 Å². The Morgan fingerprint density at radius 2 is 1.96 bits per heavy atom. The van der Waals surface area contributed by atoms with Crippen LogP contribution in [0.15, 0.2) is 29.5 Å². The Hall–Kier alpha value is -2.28. The van der Waals surface area contributed by atoms with E-state index < -0.39 is 12.0 Å². The average molecular weight is 350 g/mol. The molecule has 6 nitrogen and oxygen atoms in total. The molecular weight excluding hydrogens is 328 g/mol. The first-order chi connectivity index (χ1) is 11.4. The first-order valence-corrected chi connectivity index (χ1v) is 8.00. The molecule has 1 aromatic carbocycles. The van der Waals surface area contributed by atoms with Gasteiger partial charge in [0.2, 0.25) is 0 Å². The summed E-state index contributed by atoms with van der Waals surface area (Å²) in [4.78, 5) is 12.6. The van der Waals surface area contributed by atoms with Crippen LogP contribution in [0.3, 0.4) is 0 Å². The van der Waals surface area contributed by atoms with Crippen LogP contribution < -0.4 is 20.1 Å². The Bertz CT molecular complexity index is 685. The van der Waals surface area contributed by atoms with Crippen molar-refractivity contribution in [2.45, 2.75) is 32.9 Å². The molecule has 0 saturated carbocycles. The predicted molar refractivity (Wildman–Crippen MR) is 95.1 cm³/mol. The maximum Gasteiger partial charge on any atom is 0.338 e. The van der Waals surface area contributed by atoms with Gasteiger partial charge < -0.3 is 24.8 Å². The van der Waals surface area contributed by atoms with Gasteiger partial charge in [-0.25, -0.2) is 4.79 Å². The molecule has 0 aromatic heterocycles. The standard InChI is InChI=1S/C17H22N2O4S/c1-9(2)23-16(20)13-10(3)18-17(24)19-14(13)11-7-6-8-12(21-4)15(11)22-5/h6-9,14H,1-5H3,(H2,18,19,24)/t14-/m1/s1. The molecule has 7 heteroatoms. The fraction of sp³-hybridized carbons (Fsp3) is 0.412. The molecule has 130 valence electrons. The van der Waals surface area contributed by atoms with E-state index in [2.05, 4.69) is 10.6 Å². The van der Waals surface area contributed by atoms with Gasteiger partial charge in [-0.3, -0.25) is 0 Å². The van der Waals surface area contributed by atoms with E-state index in [1.807, 2.05) is 26.0 Å². The summed E-state index contributed by atoms with van der Waals surface area (Å²) in [7, 11) is 3.13. The highest BCUT2D eigenvalue weighted by Gasteiger charge is 2.33. The first kappa shape index (κ1) is 18.1. The van der Waals surface area contributed by atoms with Crippen molar-refractivity contribution in [1.29, 1.82) is 0 Å². The largest absolute Gasteiger partial charge is 0.493 e. The fourth-order valence-electron chi connectivity index (χ4n) is 2.61. The van der Waals surface area contributed by atoms with E-state index in [1.54, 1.807) is 27.2 Å². The molecule has 1 aliphatic heterocycles. The molecule has 0 unspecified atom stereocenters. The molecule has 0 aliphatic carbocycles. The summed E-state index contributed by atoms with van der Waals surface area (Å²) in [5.74, 6) is 0.722. The number of hydrogen-bond donors (Lipinski definition) is 2. The first-order valence-electron chi connectivity index (χ1n) is 7.59. The minimum absolute atomic E-state index is 0.223. The smallest absolute Gasteiger partial charge is 0.338 e. The van der Waals surface area contributed by atoms with Crippen molar-refractivity contribution in [2.75, 3.05) is 14.2 Å². The van der Waals surface area contributed by atoms with Gasteiger partial charge in [0.15, 0.2) is 16.6 Å². The van der Waals surface area contributed by atoms with Gasteiger partial charge in [0.1, 0.15) is 0 Å². The van der Waals surface area contributed by atoms with E-state index in [0.29, 0.717) is 27.9 Å². The lowest BCUT2D eigenvalue weighted by molar-refractivity contribution is -0.143. The van der Waals surface area contributed by atoms with Crippen LogP contribution in [0.1, 0.15) is 32.4 Å². The van der Waals surface area contributed by atoms with Crippen molar-refractivity contribution in [2.24, 2.45) is 0 Å². The van der Waals surface area contributed by atoms with Gasteiger partial charge in [-0.1, -0.05) is 12.1 Å².